The first-order valence-electron chi connectivity index (χ1n) is 11.3. The third-order valence-corrected chi connectivity index (χ3v) is 8.83. The topological polar surface area (TPSA) is 66.9 Å². The molecule has 1 amide bonds. The van der Waals surface area contributed by atoms with E-state index in [-0.39, 0.29) is 17.9 Å². The van der Waals surface area contributed by atoms with Crippen LogP contribution < -0.4 is 4.74 Å². The molecule has 2 heterocycles. The highest BCUT2D eigenvalue weighted by atomic mass is 32.2. The molecule has 2 fully saturated rings. The number of rotatable bonds is 5. The third-order valence-electron chi connectivity index (χ3n) is 6.93. The van der Waals surface area contributed by atoms with Crippen molar-refractivity contribution in [3.63, 3.8) is 0 Å². The maximum atomic E-state index is 13.4. The molecule has 0 N–H and O–H groups in total. The van der Waals surface area contributed by atoms with Gasteiger partial charge in [0.25, 0.3) is 0 Å². The molecule has 0 unspecified atom stereocenters. The van der Waals surface area contributed by atoms with Gasteiger partial charge in [-0.05, 0) is 80.5 Å². The van der Waals surface area contributed by atoms with Crippen LogP contribution in [0, 0.1) is 19.8 Å². The predicted molar refractivity (Wildman–Crippen MR) is 124 cm³/mol. The molecular formula is C25H32N2O4S. The van der Waals surface area contributed by atoms with Crippen LogP contribution in [0.25, 0.3) is 0 Å². The van der Waals surface area contributed by atoms with Gasteiger partial charge < -0.3 is 9.64 Å². The lowest BCUT2D eigenvalue weighted by atomic mass is 9.95. The van der Waals surface area contributed by atoms with Crippen LogP contribution in [0.15, 0.2) is 47.4 Å². The molecule has 4 rings (SSSR count). The summed E-state index contributed by atoms with van der Waals surface area (Å²) >= 11 is 0. The second-order valence-electron chi connectivity index (χ2n) is 8.89. The van der Waals surface area contributed by atoms with Crippen molar-refractivity contribution >= 4 is 15.9 Å². The van der Waals surface area contributed by atoms with Crippen LogP contribution in [-0.4, -0.2) is 50.3 Å². The Labute approximate surface area is 191 Å². The van der Waals surface area contributed by atoms with Gasteiger partial charge in [-0.15, -0.1) is 0 Å². The van der Waals surface area contributed by atoms with Gasteiger partial charge in [0.15, 0.2) is 0 Å². The lowest BCUT2D eigenvalue weighted by molar-refractivity contribution is -0.137. The predicted octanol–water partition coefficient (Wildman–Crippen LogP) is 4.08. The van der Waals surface area contributed by atoms with E-state index in [9.17, 15) is 13.2 Å². The van der Waals surface area contributed by atoms with E-state index in [1.807, 2.05) is 43.0 Å². The summed E-state index contributed by atoms with van der Waals surface area (Å²) in [7, 11) is -1.89. The Hall–Kier alpha value is -2.38. The highest BCUT2D eigenvalue weighted by Gasteiger charge is 2.37. The molecule has 2 aromatic rings. The van der Waals surface area contributed by atoms with E-state index in [0.717, 1.165) is 41.8 Å². The number of hydrogen-bond acceptors (Lipinski definition) is 4. The number of piperidine rings is 1. The van der Waals surface area contributed by atoms with Gasteiger partial charge in [-0.1, -0.05) is 18.2 Å². The summed E-state index contributed by atoms with van der Waals surface area (Å²) in [5.41, 5.74) is 3.14. The van der Waals surface area contributed by atoms with Crippen LogP contribution in [0.2, 0.25) is 0 Å². The Bertz CT molecular complexity index is 1090. The quantitative estimate of drug-likeness (QED) is 0.680. The third kappa shape index (κ3) is 4.41. The van der Waals surface area contributed by atoms with Crippen LogP contribution >= 0.6 is 0 Å². The van der Waals surface area contributed by atoms with Crippen molar-refractivity contribution in [2.45, 2.75) is 50.5 Å². The van der Waals surface area contributed by atoms with E-state index < -0.39 is 10.0 Å². The first-order chi connectivity index (χ1) is 15.3. The fraction of sp³-hybridized carbons (Fsp3) is 0.480. The van der Waals surface area contributed by atoms with Crippen LogP contribution in [0.3, 0.4) is 0 Å². The maximum Gasteiger partial charge on any atom is 0.243 e. The number of ether oxygens (including phenoxy) is 1. The Balaban J connectivity index is 1.43. The molecule has 1 atom stereocenters. The van der Waals surface area contributed by atoms with Crippen molar-refractivity contribution in [1.82, 2.24) is 9.21 Å². The highest BCUT2D eigenvalue weighted by Crippen LogP contribution is 2.36. The van der Waals surface area contributed by atoms with Crippen molar-refractivity contribution in [1.29, 1.82) is 0 Å². The molecule has 32 heavy (non-hydrogen) atoms. The lowest BCUT2D eigenvalue weighted by Gasteiger charge is -2.34. The minimum atomic E-state index is -3.54. The van der Waals surface area contributed by atoms with Gasteiger partial charge >= 0.3 is 0 Å². The van der Waals surface area contributed by atoms with Crippen LogP contribution in [0.5, 0.6) is 5.75 Å². The molecule has 7 heteroatoms. The Morgan fingerprint density at radius 3 is 2.41 bits per heavy atom. The van der Waals surface area contributed by atoms with E-state index in [0.29, 0.717) is 30.8 Å². The molecule has 6 nitrogen and oxygen atoms in total. The van der Waals surface area contributed by atoms with Crippen molar-refractivity contribution in [2.24, 2.45) is 5.92 Å². The Morgan fingerprint density at radius 1 is 0.969 bits per heavy atom. The van der Waals surface area contributed by atoms with Gasteiger partial charge in [0.2, 0.25) is 15.9 Å². The molecule has 0 spiro atoms. The second kappa shape index (κ2) is 9.24. The number of sulfonamides is 1. The maximum absolute atomic E-state index is 13.4. The summed E-state index contributed by atoms with van der Waals surface area (Å²) in [6, 6.07) is 13.3. The van der Waals surface area contributed by atoms with Gasteiger partial charge in [-0.2, -0.15) is 4.31 Å². The summed E-state index contributed by atoms with van der Waals surface area (Å²) in [4.78, 5) is 15.7. The Kier molecular flexibility index (Phi) is 6.58. The average Bonchev–Trinajstić information content (AvgIpc) is 3.30. The van der Waals surface area contributed by atoms with Crippen molar-refractivity contribution < 1.29 is 17.9 Å². The number of amides is 1. The standard InChI is InChI=1S/C25H32N2O4S/c1-18-9-10-23(16-19(18)2)32(29,30)26-14-11-20(12-15-26)25(28)27-13-5-8-24(27)21-6-4-7-22(17-21)31-3/h4,6-7,9-10,16-17,20,24H,5,8,11-15H2,1-3H3/t24-/m0/s1. The highest BCUT2D eigenvalue weighted by molar-refractivity contribution is 7.89. The van der Waals surface area contributed by atoms with Gasteiger partial charge in [0, 0.05) is 25.6 Å². The van der Waals surface area contributed by atoms with Gasteiger partial charge in [0.05, 0.1) is 18.0 Å². The monoisotopic (exact) mass is 456 g/mol. The number of likely N-dealkylation sites (tertiary alicyclic amines) is 1. The number of hydrogen-bond donors (Lipinski definition) is 0. The molecule has 2 aromatic carbocycles. The second-order valence-corrected chi connectivity index (χ2v) is 10.8. The smallest absolute Gasteiger partial charge is 0.243 e. The zero-order valence-corrected chi connectivity index (χ0v) is 19.9. The molecule has 172 valence electrons. The summed E-state index contributed by atoms with van der Waals surface area (Å²) in [5, 5.41) is 0. The van der Waals surface area contributed by atoms with Crippen molar-refractivity contribution in [3.8, 4) is 5.75 Å². The fourth-order valence-electron chi connectivity index (χ4n) is 4.83. The fourth-order valence-corrected chi connectivity index (χ4v) is 6.38. The zero-order valence-electron chi connectivity index (χ0n) is 19.1. The molecular weight excluding hydrogens is 424 g/mol. The van der Waals surface area contributed by atoms with E-state index in [4.69, 9.17) is 4.74 Å². The van der Waals surface area contributed by atoms with E-state index in [2.05, 4.69) is 6.07 Å². The zero-order chi connectivity index (χ0) is 22.9. The van der Waals surface area contributed by atoms with E-state index >= 15 is 0 Å². The minimum Gasteiger partial charge on any atom is -0.497 e. The largest absolute Gasteiger partial charge is 0.497 e. The lowest BCUT2D eigenvalue weighted by Crippen LogP contribution is -2.44. The van der Waals surface area contributed by atoms with Crippen molar-refractivity contribution in [2.75, 3.05) is 26.7 Å². The van der Waals surface area contributed by atoms with Gasteiger partial charge in [-0.3, -0.25) is 4.79 Å². The van der Waals surface area contributed by atoms with E-state index in [1.54, 1.807) is 19.2 Å². The van der Waals surface area contributed by atoms with Crippen LogP contribution in [0.4, 0.5) is 0 Å². The molecule has 0 aliphatic carbocycles. The molecule has 2 aliphatic rings. The van der Waals surface area contributed by atoms with Crippen molar-refractivity contribution in [3.05, 3.63) is 59.2 Å². The molecule has 2 aliphatic heterocycles. The van der Waals surface area contributed by atoms with Crippen LogP contribution in [0.1, 0.15) is 48.4 Å². The summed E-state index contributed by atoms with van der Waals surface area (Å²) in [6.45, 7) is 5.41. The summed E-state index contributed by atoms with van der Waals surface area (Å²) < 4.78 is 33.1. The molecule has 0 saturated carbocycles. The number of nitrogens with zero attached hydrogens (tertiary/aromatic N) is 2. The number of carbonyl (C=O) groups is 1. The number of benzene rings is 2. The van der Waals surface area contributed by atoms with Crippen LogP contribution in [-0.2, 0) is 14.8 Å². The molecule has 2 saturated heterocycles. The number of aryl methyl sites for hydroxylation is 2. The normalized spacial score (nSPS) is 20.5. The first-order valence-corrected chi connectivity index (χ1v) is 12.8. The first kappa shape index (κ1) is 22.8. The number of methoxy groups -OCH3 is 1. The SMILES string of the molecule is COc1cccc([C@@H]2CCCN2C(=O)C2CCN(S(=O)(=O)c3ccc(C)c(C)c3)CC2)c1. The minimum absolute atomic E-state index is 0.0647. The van der Waals surface area contributed by atoms with E-state index in [1.165, 1.54) is 4.31 Å². The summed E-state index contributed by atoms with van der Waals surface area (Å²) in [5.74, 6) is 0.817. The molecule has 0 aromatic heterocycles. The molecule has 0 radical (unpaired) electrons. The van der Waals surface area contributed by atoms with Gasteiger partial charge in [0.1, 0.15) is 5.75 Å². The summed E-state index contributed by atoms with van der Waals surface area (Å²) in [6.07, 6.45) is 3.04. The average molecular weight is 457 g/mol. The molecule has 0 bridgehead atoms. The number of carbonyl (C=O) groups excluding carboxylic acids is 1. The Morgan fingerprint density at radius 2 is 1.72 bits per heavy atom. The van der Waals surface area contributed by atoms with Gasteiger partial charge in [-0.25, -0.2) is 8.42 Å².